The Morgan fingerprint density at radius 1 is 1.33 bits per heavy atom. The van der Waals surface area contributed by atoms with Crippen LogP contribution in [0.3, 0.4) is 0 Å². The molecule has 2 rings (SSSR count). The topological polar surface area (TPSA) is 39.8 Å². The summed E-state index contributed by atoms with van der Waals surface area (Å²) in [5.41, 5.74) is 1.75. The van der Waals surface area contributed by atoms with Gasteiger partial charge in [0.05, 0.1) is 0 Å². The fraction of sp³-hybridized carbons (Fsp3) is 0.385. The molecule has 5 heteroatoms. The number of hydrogen-bond donors (Lipinski definition) is 0. The van der Waals surface area contributed by atoms with Crippen molar-refractivity contribution < 1.29 is 0 Å². The highest BCUT2D eigenvalue weighted by Crippen LogP contribution is 2.17. The molecule has 0 spiro atoms. The molecule has 2 heterocycles. The fourth-order valence-corrected chi connectivity index (χ4v) is 2.33. The van der Waals surface area contributed by atoms with E-state index in [9.17, 15) is 4.79 Å². The molecule has 2 aromatic heterocycles. The molecule has 0 fully saturated rings. The second kappa shape index (κ2) is 4.61. The van der Waals surface area contributed by atoms with E-state index in [1.165, 1.54) is 0 Å². The third-order valence-electron chi connectivity index (χ3n) is 3.09. The molecule has 18 heavy (non-hydrogen) atoms. The van der Waals surface area contributed by atoms with Crippen LogP contribution < -0.4 is 5.56 Å². The van der Waals surface area contributed by atoms with Gasteiger partial charge in [-0.3, -0.25) is 9.48 Å². The van der Waals surface area contributed by atoms with Crippen molar-refractivity contribution in [2.45, 2.75) is 26.7 Å². The molecular formula is C13H16ClN3O. The van der Waals surface area contributed by atoms with Crippen molar-refractivity contribution in [3.63, 3.8) is 0 Å². The van der Waals surface area contributed by atoms with E-state index in [-0.39, 0.29) is 11.5 Å². The van der Waals surface area contributed by atoms with Crippen LogP contribution in [0.2, 0.25) is 5.15 Å². The molecule has 0 aliphatic carbocycles. The van der Waals surface area contributed by atoms with E-state index < -0.39 is 0 Å². The highest BCUT2D eigenvalue weighted by Gasteiger charge is 2.18. The maximum Gasteiger partial charge on any atom is 0.276 e. The Labute approximate surface area is 111 Å². The molecular weight excluding hydrogens is 250 g/mol. The summed E-state index contributed by atoms with van der Waals surface area (Å²) >= 11 is 5.87. The van der Waals surface area contributed by atoms with Crippen LogP contribution in [0, 0.1) is 6.92 Å². The number of halogens is 1. The minimum atomic E-state index is -0.0280. The predicted octanol–water partition coefficient (Wildman–Crippen LogP) is 2.66. The lowest BCUT2D eigenvalue weighted by atomic mass is 10.0. The Hall–Kier alpha value is -1.55. The molecule has 0 N–H and O–H groups in total. The second-order valence-electron chi connectivity index (χ2n) is 4.61. The Morgan fingerprint density at radius 3 is 2.50 bits per heavy atom. The molecule has 96 valence electrons. The molecule has 0 unspecified atom stereocenters. The number of aromatic nitrogens is 3. The zero-order valence-electron chi connectivity index (χ0n) is 10.9. The quantitative estimate of drug-likeness (QED) is 0.783. The van der Waals surface area contributed by atoms with Crippen LogP contribution in [0.25, 0.3) is 5.82 Å². The first kappa shape index (κ1) is 12.9. The van der Waals surface area contributed by atoms with Crippen LogP contribution in [0.1, 0.15) is 31.0 Å². The third kappa shape index (κ3) is 1.97. The summed E-state index contributed by atoms with van der Waals surface area (Å²) in [6, 6.07) is 5.25. The van der Waals surface area contributed by atoms with E-state index in [0.717, 1.165) is 11.3 Å². The summed E-state index contributed by atoms with van der Waals surface area (Å²) in [5, 5.41) is 0.379. The van der Waals surface area contributed by atoms with Gasteiger partial charge in [-0.05, 0) is 25.0 Å². The molecule has 0 atom stereocenters. The summed E-state index contributed by atoms with van der Waals surface area (Å²) < 4.78 is 3.37. The van der Waals surface area contributed by atoms with E-state index in [1.54, 1.807) is 22.9 Å². The fourth-order valence-electron chi connectivity index (χ4n) is 2.17. The summed E-state index contributed by atoms with van der Waals surface area (Å²) in [5.74, 6) is 0.731. The van der Waals surface area contributed by atoms with E-state index in [2.05, 4.69) is 4.98 Å². The largest absolute Gasteiger partial charge is 0.284 e. The molecule has 0 bridgehead atoms. The molecule has 0 radical (unpaired) electrons. The molecule has 2 aromatic rings. The van der Waals surface area contributed by atoms with Gasteiger partial charge in [-0.15, -0.1) is 0 Å². The number of rotatable bonds is 2. The van der Waals surface area contributed by atoms with Crippen molar-refractivity contribution in [2.75, 3.05) is 0 Å². The summed E-state index contributed by atoms with van der Waals surface area (Å²) in [7, 11) is 1.85. The first-order valence-corrected chi connectivity index (χ1v) is 6.22. The maximum absolute atomic E-state index is 12.4. The van der Waals surface area contributed by atoms with Crippen LogP contribution in [0.15, 0.2) is 23.0 Å². The second-order valence-corrected chi connectivity index (χ2v) is 5.00. The summed E-state index contributed by atoms with van der Waals surface area (Å²) in [4.78, 5) is 16.6. The zero-order chi connectivity index (χ0) is 13.4. The van der Waals surface area contributed by atoms with Gasteiger partial charge < -0.3 is 0 Å². The average molecular weight is 266 g/mol. The van der Waals surface area contributed by atoms with Gasteiger partial charge in [0.25, 0.3) is 5.56 Å². The van der Waals surface area contributed by atoms with Crippen molar-refractivity contribution in [3.05, 3.63) is 45.0 Å². The minimum Gasteiger partial charge on any atom is -0.284 e. The SMILES string of the molecule is Cc1c(C(C)C)c(=O)n(-c2cccc(Cl)n2)n1C. The molecule has 0 aromatic carbocycles. The van der Waals surface area contributed by atoms with Crippen molar-refractivity contribution in [1.29, 1.82) is 0 Å². The minimum absolute atomic E-state index is 0.0280. The summed E-state index contributed by atoms with van der Waals surface area (Å²) in [6.45, 7) is 5.97. The molecule has 0 saturated carbocycles. The van der Waals surface area contributed by atoms with Gasteiger partial charge in [-0.1, -0.05) is 31.5 Å². The highest BCUT2D eigenvalue weighted by atomic mass is 35.5. The van der Waals surface area contributed by atoms with E-state index >= 15 is 0 Å². The van der Waals surface area contributed by atoms with Crippen LogP contribution >= 0.6 is 11.6 Å². The van der Waals surface area contributed by atoms with E-state index in [4.69, 9.17) is 11.6 Å². The molecule has 0 aliphatic heterocycles. The Morgan fingerprint density at radius 2 is 2.00 bits per heavy atom. The van der Waals surface area contributed by atoms with Crippen molar-refractivity contribution in [1.82, 2.24) is 14.3 Å². The van der Waals surface area contributed by atoms with Crippen LogP contribution in [-0.4, -0.2) is 14.3 Å². The Bertz CT molecular complexity index is 640. The maximum atomic E-state index is 12.4. The van der Waals surface area contributed by atoms with Gasteiger partial charge in [0, 0.05) is 18.3 Å². The van der Waals surface area contributed by atoms with Gasteiger partial charge >= 0.3 is 0 Å². The zero-order valence-corrected chi connectivity index (χ0v) is 11.7. The highest BCUT2D eigenvalue weighted by molar-refractivity contribution is 6.29. The predicted molar refractivity (Wildman–Crippen MR) is 72.6 cm³/mol. The lowest BCUT2D eigenvalue weighted by Gasteiger charge is -2.07. The van der Waals surface area contributed by atoms with Gasteiger partial charge in [-0.25, -0.2) is 4.98 Å². The van der Waals surface area contributed by atoms with Crippen molar-refractivity contribution in [2.24, 2.45) is 7.05 Å². The third-order valence-corrected chi connectivity index (χ3v) is 3.30. The lowest BCUT2D eigenvalue weighted by molar-refractivity contribution is 0.618. The number of pyridine rings is 1. The number of nitrogens with zero attached hydrogens (tertiary/aromatic N) is 3. The molecule has 0 saturated heterocycles. The van der Waals surface area contributed by atoms with Gasteiger partial charge in [-0.2, -0.15) is 4.68 Å². The van der Waals surface area contributed by atoms with Gasteiger partial charge in [0.2, 0.25) is 0 Å². The summed E-state index contributed by atoms with van der Waals surface area (Å²) in [6.07, 6.45) is 0. The lowest BCUT2D eigenvalue weighted by Crippen LogP contribution is -2.22. The normalized spacial score (nSPS) is 11.2. The first-order valence-electron chi connectivity index (χ1n) is 5.85. The molecule has 0 amide bonds. The molecule has 0 aliphatic rings. The van der Waals surface area contributed by atoms with Gasteiger partial charge in [0.1, 0.15) is 5.15 Å². The number of hydrogen-bond acceptors (Lipinski definition) is 2. The van der Waals surface area contributed by atoms with E-state index in [0.29, 0.717) is 11.0 Å². The van der Waals surface area contributed by atoms with Crippen LogP contribution in [-0.2, 0) is 7.05 Å². The van der Waals surface area contributed by atoms with Gasteiger partial charge in [0.15, 0.2) is 5.82 Å². The standard InChI is InChI=1S/C13H16ClN3O/c1-8(2)12-9(3)16(4)17(13(12)18)11-7-5-6-10(14)15-11/h5-8H,1-4H3. The van der Waals surface area contributed by atoms with Crippen LogP contribution in [0.5, 0.6) is 0 Å². The van der Waals surface area contributed by atoms with Crippen LogP contribution in [0.4, 0.5) is 0 Å². The average Bonchev–Trinajstić information content (AvgIpc) is 2.50. The van der Waals surface area contributed by atoms with Crippen molar-refractivity contribution >= 4 is 11.6 Å². The Balaban J connectivity index is 2.74. The van der Waals surface area contributed by atoms with Crippen molar-refractivity contribution in [3.8, 4) is 5.82 Å². The first-order chi connectivity index (χ1) is 8.43. The monoisotopic (exact) mass is 265 g/mol. The molecule has 4 nitrogen and oxygen atoms in total. The Kier molecular flexibility index (Phi) is 3.30. The smallest absolute Gasteiger partial charge is 0.276 e. The van der Waals surface area contributed by atoms with E-state index in [1.807, 2.05) is 32.5 Å².